The molecule has 0 radical (unpaired) electrons. The van der Waals surface area contributed by atoms with Gasteiger partial charge in [-0.2, -0.15) is 5.10 Å². The number of hydrogen-bond acceptors (Lipinski definition) is 2. The summed E-state index contributed by atoms with van der Waals surface area (Å²) in [7, 11) is 0. The Kier molecular flexibility index (Phi) is 4.66. The third-order valence-corrected chi connectivity index (χ3v) is 4.77. The van der Waals surface area contributed by atoms with Crippen molar-refractivity contribution in [3.05, 3.63) is 16.4 Å². The topological polar surface area (TPSA) is 46.9 Å². The largest absolute Gasteiger partial charge is 0.352 e. The number of halogens is 1. The van der Waals surface area contributed by atoms with Crippen LogP contribution in [0.1, 0.15) is 51.3 Å². The molecule has 1 atom stereocenters. The zero-order valence-corrected chi connectivity index (χ0v) is 13.4. The summed E-state index contributed by atoms with van der Waals surface area (Å²) in [5.74, 6) is 0.866. The standard InChI is InChI=1S/C14H22BrN3O/c1-9-4-6-12(7-5-9)16-14(19)11(3)18-8-13(15)10(2)17-18/h8-9,11-12H,4-7H2,1-3H3,(H,16,19)/t9?,11-,12?/m0/s1. The number of carbonyl (C=O) groups excluding carboxylic acids is 1. The Morgan fingerprint density at radius 3 is 2.63 bits per heavy atom. The van der Waals surface area contributed by atoms with E-state index in [2.05, 4.69) is 33.3 Å². The molecule has 1 fully saturated rings. The second-order valence-electron chi connectivity index (χ2n) is 5.68. The van der Waals surface area contributed by atoms with E-state index in [1.165, 1.54) is 12.8 Å². The number of hydrogen-bond donors (Lipinski definition) is 1. The van der Waals surface area contributed by atoms with Crippen molar-refractivity contribution < 1.29 is 4.79 Å². The SMILES string of the molecule is Cc1nn([C@@H](C)C(=O)NC2CCC(C)CC2)cc1Br. The third kappa shape index (κ3) is 3.59. The summed E-state index contributed by atoms with van der Waals surface area (Å²) in [6, 6.07) is 0.0793. The van der Waals surface area contributed by atoms with E-state index in [4.69, 9.17) is 0 Å². The highest BCUT2D eigenvalue weighted by Gasteiger charge is 2.23. The van der Waals surface area contributed by atoms with E-state index in [1.54, 1.807) is 4.68 Å². The van der Waals surface area contributed by atoms with Gasteiger partial charge in [-0.25, -0.2) is 0 Å². The smallest absolute Gasteiger partial charge is 0.244 e. The molecule has 0 bridgehead atoms. The third-order valence-electron chi connectivity index (χ3n) is 4.00. The van der Waals surface area contributed by atoms with Crippen molar-refractivity contribution in [2.24, 2.45) is 5.92 Å². The van der Waals surface area contributed by atoms with Crippen molar-refractivity contribution in [2.75, 3.05) is 0 Å². The van der Waals surface area contributed by atoms with E-state index >= 15 is 0 Å². The molecule has 0 unspecified atom stereocenters. The molecule has 19 heavy (non-hydrogen) atoms. The minimum atomic E-state index is -0.260. The molecule has 0 spiro atoms. The van der Waals surface area contributed by atoms with Crippen LogP contribution in [0.2, 0.25) is 0 Å². The highest BCUT2D eigenvalue weighted by Crippen LogP contribution is 2.24. The van der Waals surface area contributed by atoms with Gasteiger partial charge >= 0.3 is 0 Å². The van der Waals surface area contributed by atoms with Crippen LogP contribution in [0.4, 0.5) is 0 Å². The first kappa shape index (κ1) is 14.6. The van der Waals surface area contributed by atoms with Gasteiger partial charge in [0.15, 0.2) is 0 Å². The van der Waals surface area contributed by atoms with E-state index < -0.39 is 0 Å². The van der Waals surface area contributed by atoms with E-state index in [0.717, 1.165) is 28.9 Å². The molecular weight excluding hydrogens is 306 g/mol. The fourth-order valence-electron chi connectivity index (χ4n) is 2.50. The zero-order valence-electron chi connectivity index (χ0n) is 11.8. The molecule has 4 nitrogen and oxygen atoms in total. The number of aromatic nitrogens is 2. The number of carbonyl (C=O) groups is 1. The van der Waals surface area contributed by atoms with E-state index in [1.807, 2.05) is 20.0 Å². The lowest BCUT2D eigenvalue weighted by Gasteiger charge is -2.28. The zero-order chi connectivity index (χ0) is 14.0. The lowest BCUT2D eigenvalue weighted by atomic mass is 9.87. The molecule has 1 saturated carbocycles. The van der Waals surface area contributed by atoms with Crippen LogP contribution in [0.5, 0.6) is 0 Å². The van der Waals surface area contributed by atoms with Gasteiger partial charge in [-0.1, -0.05) is 6.92 Å². The molecule has 5 heteroatoms. The first-order valence-corrected chi connectivity index (χ1v) is 7.78. The average molecular weight is 328 g/mol. The van der Waals surface area contributed by atoms with Crippen LogP contribution in [0.3, 0.4) is 0 Å². The van der Waals surface area contributed by atoms with E-state index in [-0.39, 0.29) is 11.9 Å². The molecule has 2 rings (SSSR count). The van der Waals surface area contributed by atoms with Gasteiger partial charge in [-0.05, 0) is 61.4 Å². The molecule has 106 valence electrons. The molecule has 1 N–H and O–H groups in total. The summed E-state index contributed by atoms with van der Waals surface area (Å²) in [6.07, 6.45) is 6.49. The van der Waals surface area contributed by atoms with Crippen LogP contribution in [0.15, 0.2) is 10.7 Å². The fraction of sp³-hybridized carbons (Fsp3) is 0.714. The van der Waals surface area contributed by atoms with Crippen LogP contribution in [-0.4, -0.2) is 21.7 Å². The monoisotopic (exact) mass is 327 g/mol. The summed E-state index contributed by atoms with van der Waals surface area (Å²) in [5.41, 5.74) is 0.908. The van der Waals surface area contributed by atoms with E-state index in [0.29, 0.717) is 6.04 Å². The predicted octanol–water partition coefficient (Wildman–Crippen LogP) is 3.21. The maximum atomic E-state index is 12.2. The number of aryl methyl sites for hydroxylation is 1. The van der Waals surface area contributed by atoms with Gasteiger partial charge in [-0.3, -0.25) is 9.48 Å². The second-order valence-corrected chi connectivity index (χ2v) is 6.54. The Morgan fingerprint density at radius 2 is 2.11 bits per heavy atom. The van der Waals surface area contributed by atoms with Gasteiger partial charge in [0.1, 0.15) is 6.04 Å². The predicted molar refractivity (Wildman–Crippen MR) is 78.9 cm³/mol. The Labute approximate surface area is 123 Å². The van der Waals surface area contributed by atoms with Gasteiger partial charge in [0, 0.05) is 12.2 Å². The van der Waals surface area contributed by atoms with Gasteiger partial charge in [0.05, 0.1) is 10.2 Å². The molecule has 1 aromatic rings. The summed E-state index contributed by atoms with van der Waals surface area (Å²) >= 11 is 3.42. The first-order chi connectivity index (χ1) is 8.97. The van der Waals surface area contributed by atoms with Gasteiger partial charge in [-0.15, -0.1) is 0 Å². The minimum absolute atomic E-state index is 0.0644. The highest BCUT2D eigenvalue weighted by atomic mass is 79.9. The second kappa shape index (κ2) is 6.07. The Balaban J connectivity index is 1.92. The summed E-state index contributed by atoms with van der Waals surface area (Å²) in [6.45, 7) is 6.10. The van der Waals surface area contributed by atoms with Crippen molar-refractivity contribution in [1.82, 2.24) is 15.1 Å². The molecular formula is C14H22BrN3O. The maximum Gasteiger partial charge on any atom is 0.244 e. The summed E-state index contributed by atoms with van der Waals surface area (Å²) in [4.78, 5) is 12.2. The van der Waals surface area contributed by atoms with Crippen LogP contribution >= 0.6 is 15.9 Å². The van der Waals surface area contributed by atoms with Crippen molar-refractivity contribution in [1.29, 1.82) is 0 Å². The molecule has 1 amide bonds. The molecule has 1 heterocycles. The Morgan fingerprint density at radius 1 is 1.47 bits per heavy atom. The molecule has 1 aliphatic rings. The lowest BCUT2D eigenvalue weighted by molar-refractivity contribution is -0.125. The van der Waals surface area contributed by atoms with Crippen molar-refractivity contribution in [3.63, 3.8) is 0 Å². The van der Waals surface area contributed by atoms with Crippen LogP contribution in [0, 0.1) is 12.8 Å². The van der Waals surface area contributed by atoms with Crippen molar-refractivity contribution in [2.45, 2.75) is 58.5 Å². The molecule has 0 aromatic carbocycles. The van der Waals surface area contributed by atoms with Crippen LogP contribution < -0.4 is 5.32 Å². The minimum Gasteiger partial charge on any atom is -0.352 e. The normalized spacial score (nSPS) is 25.1. The molecule has 0 saturated heterocycles. The molecule has 1 aliphatic carbocycles. The number of nitrogens with zero attached hydrogens (tertiary/aromatic N) is 2. The van der Waals surface area contributed by atoms with Gasteiger partial charge < -0.3 is 5.32 Å². The molecule has 1 aromatic heterocycles. The number of nitrogens with one attached hydrogen (secondary N) is 1. The van der Waals surface area contributed by atoms with Crippen molar-refractivity contribution >= 4 is 21.8 Å². The maximum absolute atomic E-state index is 12.2. The fourth-order valence-corrected chi connectivity index (χ4v) is 2.79. The summed E-state index contributed by atoms with van der Waals surface area (Å²) in [5, 5.41) is 7.50. The van der Waals surface area contributed by atoms with Crippen LogP contribution in [-0.2, 0) is 4.79 Å². The summed E-state index contributed by atoms with van der Waals surface area (Å²) < 4.78 is 2.67. The van der Waals surface area contributed by atoms with E-state index in [9.17, 15) is 4.79 Å². The number of rotatable bonds is 3. The number of amides is 1. The lowest BCUT2D eigenvalue weighted by Crippen LogP contribution is -2.40. The van der Waals surface area contributed by atoms with Crippen LogP contribution in [0.25, 0.3) is 0 Å². The first-order valence-electron chi connectivity index (χ1n) is 6.99. The highest BCUT2D eigenvalue weighted by molar-refractivity contribution is 9.10. The van der Waals surface area contributed by atoms with Gasteiger partial charge in [0.2, 0.25) is 5.91 Å². The Hall–Kier alpha value is -0.840. The van der Waals surface area contributed by atoms with Crippen molar-refractivity contribution in [3.8, 4) is 0 Å². The molecule has 0 aliphatic heterocycles. The Bertz CT molecular complexity index is 430. The quantitative estimate of drug-likeness (QED) is 0.926. The van der Waals surface area contributed by atoms with Gasteiger partial charge in [0.25, 0.3) is 0 Å². The average Bonchev–Trinajstić information content (AvgIpc) is 2.71.